The lowest BCUT2D eigenvalue weighted by Gasteiger charge is -2.22. The highest BCUT2D eigenvalue weighted by atomic mass is 32.2. The van der Waals surface area contributed by atoms with Gasteiger partial charge in [0.1, 0.15) is 17.9 Å². The van der Waals surface area contributed by atoms with Crippen LogP contribution < -0.4 is 15.0 Å². The number of amides is 3. The highest BCUT2D eigenvalue weighted by molar-refractivity contribution is 8.15. The maximum absolute atomic E-state index is 13.0. The maximum atomic E-state index is 13.0. The van der Waals surface area contributed by atoms with Gasteiger partial charge in [-0.3, -0.25) is 9.69 Å². The van der Waals surface area contributed by atoms with E-state index in [2.05, 4.69) is 39.0 Å². The summed E-state index contributed by atoms with van der Waals surface area (Å²) in [7, 11) is 0. The van der Waals surface area contributed by atoms with Crippen LogP contribution in [0.2, 0.25) is 0 Å². The average Bonchev–Trinajstić information content (AvgIpc) is 3.59. The third-order valence-electron chi connectivity index (χ3n) is 6.97. The van der Waals surface area contributed by atoms with Gasteiger partial charge in [-0.05, 0) is 79.3 Å². The number of halogens is 3. The smallest absolute Gasteiger partial charge is 0.406 e. The molecule has 0 spiro atoms. The van der Waals surface area contributed by atoms with Gasteiger partial charge in [-0.2, -0.15) is 4.99 Å². The van der Waals surface area contributed by atoms with Crippen LogP contribution in [-0.2, 0) is 6.42 Å². The first-order chi connectivity index (χ1) is 21.4. The number of aromatic nitrogens is 3. The van der Waals surface area contributed by atoms with Gasteiger partial charge in [0, 0.05) is 11.6 Å². The van der Waals surface area contributed by atoms with Crippen LogP contribution >= 0.6 is 11.8 Å². The van der Waals surface area contributed by atoms with Crippen LogP contribution in [0.5, 0.6) is 5.75 Å². The topological polar surface area (TPSA) is 102 Å². The SMILES string of the molecule is Cc1ccc(C(C)C)c(N2C(=O)SCC2=NC(=O)NC(C)Cc2cccc(-c3ncn(-c4ccc(OC(F)(F)F)cc4)n3)c2)c1. The number of aryl methyl sites for hydroxylation is 1. The zero-order chi connectivity index (χ0) is 32.3. The van der Waals surface area contributed by atoms with Crippen LogP contribution in [0.1, 0.15) is 43.4 Å². The van der Waals surface area contributed by atoms with Crippen molar-refractivity contribution in [1.82, 2.24) is 20.1 Å². The van der Waals surface area contributed by atoms with E-state index in [0.29, 0.717) is 29.5 Å². The molecule has 1 aliphatic rings. The Kier molecular flexibility index (Phi) is 9.28. The van der Waals surface area contributed by atoms with Crippen molar-refractivity contribution in [3.05, 3.63) is 89.7 Å². The largest absolute Gasteiger partial charge is 0.573 e. The van der Waals surface area contributed by atoms with E-state index in [-0.39, 0.29) is 22.9 Å². The van der Waals surface area contributed by atoms with Gasteiger partial charge in [0.15, 0.2) is 5.82 Å². The van der Waals surface area contributed by atoms with E-state index >= 15 is 0 Å². The molecule has 3 amide bonds. The summed E-state index contributed by atoms with van der Waals surface area (Å²) >= 11 is 1.12. The summed E-state index contributed by atoms with van der Waals surface area (Å²) in [5.74, 6) is 0.983. The van der Waals surface area contributed by atoms with Crippen molar-refractivity contribution in [2.45, 2.75) is 52.4 Å². The standard InChI is InChI=1S/C32H31F3N6O3S/c1-19(2)26-13-8-20(3)14-27(26)41-28(17-45-31(41)43)38-30(42)37-21(4)15-22-6-5-7-23(16-22)29-36-18-40(39-29)24-9-11-25(12-10-24)44-32(33,34)35/h5-14,16,18-19,21H,15,17H2,1-4H3,(H,37,42). The van der Waals surface area contributed by atoms with E-state index < -0.39 is 12.4 Å². The molecule has 9 nitrogen and oxygen atoms in total. The minimum atomic E-state index is -4.77. The van der Waals surface area contributed by atoms with Gasteiger partial charge in [0.05, 0.1) is 17.1 Å². The van der Waals surface area contributed by atoms with Crippen molar-refractivity contribution >= 4 is 34.6 Å². The molecule has 1 aromatic heterocycles. The van der Waals surface area contributed by atoms with E-state index in [1.54, 1.807) is 0 Å². The van der Waals surface area contributed by atoms with Crippen LogP contribution in [0.4, 0.5) is 28.4 Å². The van der Waals surface area contributed by atoms with E-state index in [1.165, 1.54) is 40.2 Å². The molecule has 0 aliphatic carbocycles. The summed E-state index contributed by atoms with van der Waals surface area (Å²) in [6.45, 7) is 7.95. The lowest BCUT2D eigenvalue weighted by molar-refractivity contribution is -0.274. The molecule has 1 saturated heterocycles. The van der Waals surface area contributed by atoms with Gasteiger partial charge in [-0.1, -0.05) is 55.9 Å². The lowest BCUT2D eigenvalue weighted by atomic mass is 9.99. The number of hydrogen-bond donors (Lipinski definition) is 1. The zero-order valence-electron chi connectivity index (χ0n) is 25.0. The number of anilines is 1. The number of carbonyl (C=O) groups excluding carboxylic acids is 2. The van der Waals surface area contributed by atoms with Crippen LogP contribution in [-0.4, -0.2) is 50.0 Å². The van der Waals surface area contributed by atoms with Gasteiger partial charge >= 0.3 is 12.4 Å². The van der Waals surface area contributed by atoms with Crippen molar-refractivity contribution in [2.75, 3.05) is 10.7 Å². The lowest BCUT2D eigenvalue weighted by Crippen LogP contribution is -2.35. The molecule has 13 heteroatoms. The molecule has 234 valence electrons. The first kappa shape index (κ1) is 31.8. The minimum Gasteiger partial charge on any atom is -0.406 e. The number of amidine groups is 1. The highest BCUT2D eigenvalue weighted by Gasteiger charge is 2.33. The average molecular weight is 637 g/mol. The molecule has 1 atom stereocenters. The van der Waals surface area contributed by atoms with Crippen molar-refractivity contribution in [3.8, 4) is 22.8 Å². The number of alkyl halides is 3. The first-order valence-corrected chi connectivity index (χ1v) is 15.2. The summed E-state index contributed by atoms with van der Waals surface area (Å²) in [5, 5.41) is 7.20. The number of aliphatic imine (C=N–C) groups is 1. The maximum Gasteiger partial charge on any atom is 0.573 e. The Balaban J connectivity index is 1.24. The van der Waals surface area contributed by atoms with Gasteiger partial charge in [-0.15, -0.1) is 18.3 Å². The Labute approximate surface area is 262 Å². The summed E-state index contributed by atoms with van der Waals surface area (Å²) in [6, 6.07) is 18.0. The molecule has 0 bridgehead atoms. The molecule has 1 unspecified atom stereocenters. The number of rotatable bonds is 8. The number of hydrogen-bond acceptors (Lipinski definition) is 6. The summed E-state index contributed by atoms with van der Waals surface area (Å²) < 4.78 is 42.7. The van der Waals surface area contributed by atoms with Crippen LogP contribution in [0.15, 0.2) is 78.0 Å². The van der Waals surface area contributed by atoms with E-state index in [0.717, 1.165) is 39.7 Å². The molecule has 2 heterocycles. The van der Waals surface area contributed by atoms with E-state index in [4.69, 9.17) is 0 Å². The number of urea groups is 1. The fourth-order valence-electron chi connectivity index (χ4n) is 4.94. The van der Waals surface area contributed by atoms with E-state index in [9.17, 15) is 22.8 Å². The van der Waals surface area contributed by atoms with Crippen molar-refractivity contribution in [3.63, 3.8) is 0 Å². The molecule has 1 aliphatic heterocycles. The Bertz CT molecular complexity index is 1740. The zero-order valence-corrected chi connectivity index (χ0v) is 25.8. The fraction of sp³-hybridized carbons (Fsp3) is 0.281. The quantitative estimate of drug-likeness (QED) is 0.213. The van der Waals surface area contributed by atoms with Crippen LogP contribution in [0, 0.1) is 6.92 Å². The van der Waals surface area contributed by atoms with Crippen molar-refractivity contribution < 1.29 is 27.5 Å². The first-order valence-electron chi connectivity index (χ1n) is 14.2. The second kappa shape index (κ2) is 13.1. The number of nitrogens with zero attached hydrogens (tertiary/aromatic N) is 5. The van der Waals surface area contributed by atoms with E-state index in [1.807, 2.05) is 56.3 Å². The molecule has 4 aromatic rings. The number of carbonyl (C=O) groups is 2. The third kappa shape index (κ3) is 7.90. The molecule has 1 fully saturated rings. The molecule has 5 rings (SSSR count). The summed E-state index contributed by atoms with van der Waals surface area (Å²) in [5.41, 5.74) is 4.94. The van der Waals surface area contributed by atoms with Gasteiger partial charge in [0.2, 0.25) is 0 Å². The second-order valence-electron chi connectivity index (χ2n) is 10.9. The Hall–Kier alpha value is -4.65. The number of benzene rings is 3. The predicted molar refractivity (Wildman–Crippen MR) is 168 cm³/mol. The second-order valence-corrected chi connectivity index (χ2v) is 11.9. The van der Waals surface area contributed by atoms with Crippen LogP contribution in [0.25, 0.3) is 17.1 Å². The van der Waals surface area contributed by atoms with Crippen LogP contribution in [0.3, 0.4) is 0 Å². The highest BCUT2D eigenvalue weighted by Crippen LogP contribution is 2.34. The van der Waals surface area contributed by atoms with Gasteiger partial charge in [-0.25, -0.2) is 14.5 Å². The Morgan fingerprint density at radius 1 is 1.09 bits per heavy atom. The monoisotopic (exact) mass is 636 g/mol. The molecular weight excluding hydrogens is 605 g/mol. The predicted octanol–water partition coefficient (Wildman–Crippen LogP) is 7.68. The minimum absolute atomic E-state index is 0.164. The summed E-state index contributed by atoms with van der Waals surface area (Å²) in [6.07, 6.45) is -2.80. The number of nitrogens with one attached hydrogen (secondary N) is 1. The van der Waals surface area contributed by atoms with Crippen molar-refractivity contribution in [1.29, 1.82) is 0 Å². The molecular formula is C32H31F3N6O3S. The number of thioether (sulfide) groups is 1. The van der Waals surface area contributed by atoms with Gasteiger partial charge in [0.25, 0.3) is 5.24 Å². The molecule has 0 radical (unpaired) electrons. The molecule has 45 heavy (non-hydrogen) atoms. The Morgan fingerprint density at radius 3 is 2.56 bits per heavy atom. The Morgan fingerprint density at radius 2 is 1.84 bits per heavy atom. The molecule has 0 saturated carbocycles. The molecule has 1 N–H and O–H groups in total. The van der Waals surface area contributed by atoms with Gasteiger partial charge < -0.3 is 10.1 Å². The van der Waals surface area contributed by atoms with Crippen molar-refractivity contribution in [2.24, 2.45) is 4.99 Å². The third-order valence-corrected chi connectivity index (χ3v) is 7.80. The fourth-order valence-corrected chi connectivity index (χ4v) is 5.72. The normalized spacial score (nSPS) is 15.2. The molecule has 3 aromatic carbocycles. The summed E-state index contributed by atoms with van der Waals surface area (Å²) in [4.78, 5) is 35.9. The number of ether oxygens (including phenoxy) is 1.